The molecule has 72 heavy (non-hydrogen) atoms. The number of hydrogen-bond acceptors (Lipinski definition) is 0. The minimum atomic E-state index is 1.13. The van der Waals surface area contributed by atoms with Crippen LogP contribution in [0, 0.1) is 0 Å². The van der Waals surface area contributed by atoms with Gasteiger partial charge in [-0.3, -0.25) is 0 Å². The van der Waals surface area contributed by atoms with E-state index < -0.39 is 0 Å². The molecule has 12 aromatic carbocycles. The summed E-state index contributed by atoms with van der Waals surface area (Å²) in [6.45, 7) is 0. The van der Waals surface area contributed by atoms with Crippen LogP contribution >= 0.6 is 0 Å². The highest BCUT2D eigenvalue weighted by Gasteiger charge is 2.24. The Labute approximate surface area is 418 Å². The van der Waals surface area contributed by atoms with E-state index >= 15 is 0 Å². The van der Waals surface area contributed by atoms with E-state index in [4.69, 9.17) is 0 Å². The highest BCUT2D eigenvalue weighted by molar-refractivity contribution is 6.22. The molecule has 0 aliphatic rings. The first-order valence-corrected chi connectivity index (χ1v) is 24.8. The van der Waals surface area contributed by atoms with Crippen LogP contribution in [0.15, 0.2) is 279 Å². The van der Waals surface area contributed by atoms with E-state index in [9.17, 15) is 0 Å². The van der Waals surface area contributed by atoms with Crippen molar-refractivity contribution >= 4 is 54.4 Å². The molecule has 0 N–H and O–H groups in total. The zero-order chi connectivity index (χ0) is 47.5. The van der Waals surface area contributed by atoms with Gasteiger partial charge >= 0.3 is 0 Å². The molecule has 0 saturated carbocycles. The summed E-state index contributed by atoms with van der Waals surface area (Å²) in [5.41, 5.74) is 21.1. The molecule has 2 nitrogen and oxygen atoms in total. The third-order valence-corrected chi connectivity index (χ3v) is 14.7. The molecular weight excluding hydrogens is 869 g/mol. The van der Waals surface area contributed by atoms with Crippen LogP contribution < -0.4 is 0 Å². The summed E-state index contributed by atoms with van der Waals surface area (Å²) in [7, 11) is 0. The molecule has 0 aliphatic heterocycles. The van der Waals surface area contributed by atoms with Crippen molar-refractivity contribution in [2.45, 2.75) is 0 Å². The van der Waals surface area contributed by atoms with Crippen LogP contribution in [0.25, 0.3) is 133 Å². The number of fused-ring (bicyclic) bond motifs is 7. The maximum atomic E-state index is 2.53. The first kappa shape index (κ1) is 41.5. The quantitative estimate of drug-likeness (QED) is 0.144. The summed E-state index contributed by atoms with van der Waals surface area (Å²) < 4.78 is 4.97. The molecule has 0 radical (unpaired) electrons. The largest absolute Gasteiger partial charge is 0.309 e. The predicted molar refractivity (Wildman–Crippen MR) is 305 cm³/mol. The van der Waals surface area contributed by atoms with Gasteiger partial charge in [-0.25, -0.2) is 0 Å². The Balaban J connectivity index is 1.05. The third kappa shape index (κ3) is 6.88. The average molecular weight is 915 g/mol. The number of para-hydroxylation sites is 2. The van der Waals surface area contributed by atoms with Crippen LogP contribution in [0.4, 0.5) is 0 Å². The van der Waals surface area contributed by atoms with Gasteiger partial charge in [0.15, 0.2) is 0 Å². The minimum Gasteiger partial charge on any atom is -0.309 e. The Morgan fingerprint density at radius 2 is 0.639 bits per heavy atom. The van der Waals surface area contributed by atoms with Crippen molar-refractivity contribution in [1.29, 1.82) is 0 Å². The summed E-state index contributed by atoms with van der Waals surface area (Å²) in [6, 6.07) is 103. The van der Waals surface area contributed by atoms with E-state index in [0.29, 0.717) is 0 Å². The van der Waals surface area contributed by atoms with Crippen LogP contribution in [0.2, 0.25) is 0 Å². The van der Waals surface area contributed by atoms with Crippen molar-refractivity contribution in [3.05, 3.63) is 279 Å². The second-order valence-corrected chi connectivity index (χ2v) is 18.8. The maximum Gasteiger partial charge on any atom is 0.0547 e. The first-order valence-electron chi connectivity index (χ1n) is 24.8. The second kappa shape index (κ2) is 17.2. The van der Waals surface area contributed by atoms with Gasteiger partial charge in [-0.1, -0.05) is 212 Å². The number of hydrogen-bond donors (Lipinski definition) is 0. The fraction of sp³-hybridized carbons (Fsp3) is 0. The Morgan fingerprint density at radius 1 is 0.208 bits per heavy atom. The zero-order valence-electron chi connectivity index (χ0n) is 39.5. The molecule has 0 aliphatic carbocycles. The fourth-order valence-corrected chi connectivity index (χ4v) is 11.4. The Bertz CT molecular complexity index is 4300. The summed E-state index contributed by atoms with van der Waals surface area (Å²) >= 11 is 0. The predicted octanol–water partition coefficient (Wildman–Crippen LogP) is 19.0. The van der Waals surface area contributed by atoms with Gasteiger partial charge in [-0.15, -0.1) is 0 Å². The fourth-order valence-electron chi connectivity index (χ4n) is 11.4. The molecule has 0 saturated heterocycles. The monoisotopic (exact) mass is 914 g/mol. The van der Waals surface area contributed by atoms with E-state index in [1.807, 2.05) is 0 Å². The van der Waals surface area contributed by atoms with Crippen molar-refractivity contribution in [3.63, 3.8) is 0 Å². The SMILES string of the molecule is c1ccc(-c2cc(-c3ccccc3)cc(-c3cc(-c4ccccc4)c(-n4c5ccccc5c5c(-c6cccc7c6c6ccccc6n7-c6ccc7ccccc7c6)cccc54)cc3-c3ccccc3)c2)cc1. The van der Waals surface area contributed by atoms with Crippen molar-refractivity contribution < 1.29 is 0 Å². The van der Waals surface area contributed by atoms with Crippen molar-refractivity contribution in [2.75, 3.05) is 0 Å². The van der Waals surface area contributed by atoms with Gasteiger partial charge in [0.05, 0.1) is 27.8 Å². The minimum absolute atomic E-state index is 1.13. The molecular formula is C70H46N2. The normalized spacial score (nSPS) is 11.6. The number of benzene rings is 12. The zero-order valence-corrected chi connectivity index (χ0v) is 39.5. The topological polar surface area (TPSA) is 9.86 Å². The van der Waals surface area contributed by atoms with Crippen LogP contribution in [0.3, 0.4) is 0 Å². The van der Waals surface area contributed by atoms with Gasteiger partial charge in [0.2, 0.25) is 0 Å². The lowest BCUT2D eigenvalue weighted by atomic mass is 9.87. The molecule has 336 valence electrons. The van der Waals surface area contributed by atoms with E-state index in [0.717, 1.165) is 39.1 Å². The molecule has 14 rings (SSSR count). The lowest BCUT2D eigenvalue weighted by Gasteiger charge is -2.21. The van der Waals surface area contributed by atoms with Gasteiger partial charge in [-0.05, 0) is 139 Å². The smallest absolute Gasteiger partial charge is 0.0547 e. The lowest BCUT2D eigenvalue weighted by molar-refractivity contribution is 1.18. The molecule has 2 heterocycles. The number of aromatic nitrogens is 2. The summed E-state index contributed by atoms with van der Waals surface area (Å²) in [4.78, 5) is 0. The van der Waals surface area contributed by atoms with Crippen molar-refractivity contribution in [1.82, 2.24) is 9.13 Å². The summed E-state index contributed by atoms with van der Waals surface area (Å²) in [5.74, 6) is 0. The summed E-state index contributed by atoms with van der Waals surface area (Å²) in [6.07, 6.45) is 0. The van der Waals surface area contributed by atoms with Crippen LogP contribution in [0.5, 0.6) is 0 Å². The summed E-state index contributed by atoms with van der Waals surface area (Å²) in [5, 5.41) is 7.39. The molecule has 0 spiro atoms. The maximum absolute atomic E-state index is 2.53. The molecule has 0 unspecified atom stereocenters. The molecule has 2 aromatic heterocycles. The van der Waals surface area contributed by atoms with Gasteiger partial charge in [0.1, 0.15) is 0 Å². The van der Waals surface area contributed by atoms with Gasteiger partial charge < -0.3 is 9.13 Å². The first-order chi connectivity index (χ1) is 35.7. The Kier molecular flexibility index (Phi) is 9.89. The van der Waals surface area contributed by atoms with Gasteiger partial charge in [-0.2, -0.15) is 0 Å². The van der Waals surface area contributed by atoms with Crippen molar-refractivity contribution in [3.8, 4) is 78.1 Å². The van der Waals surface area contributed by atoms with E-state index in [1.165, 1.54) is 93.4 Å². The van der Waals surface area contributed by atoms with E-state index in [2.05, 4.69) is 288 Å². The third-order valence-electron chi connectivity index (χ3n) is 14.7. The van der Waals surface area contributed by atoms with Crippen LogP contribution in [-0.4, -0.2) is 9.13 Å². The highest BCUT2D eigenvalue weighted by atomic mass is 15.0. The van der Waals surface area contributed by atoms with E-state index in [-0.39, 0.29) is 0 Å². The molecule has 0 bridgehead atoms. The van der Waals surface area contributed by atoms with Gasteiger partial charge in [0, 0.05) is 32.8 Å². The van der Waals surface area contributed by atoms with Crippen LogP contribution in [-0.2, 0) is 0 Å². The highest BCUT2D eigenvalue weighted by Crippen LogP contribution is 2.47. The standard InChI is InChI=1S/C70H46N2/c1-5-21-47(22-6-1)53-41-54(48-23-7-2-8-24-48)43-55(42-53)61-45-63(51-28-11-4-12-29-51)68(46-62(61)50-26-9-3-10-27-50)72-65-36-18-16-32-60(65)70-58(34-20-38-67(70)72)57-33-19-37-66-69(57)59-31-15-17-35-64(59)71(66)56-40-39-49-25-13-14-30-52(49)44-56/h1-46H. The lowest BCUT2D eigenvalue weighted by Crippen LogP contribution is -2.00. The van der Waals surface area contributed by atoms with Crippen molar-refractivity contribution in [2.24, 2.45) is 0 Å². The molecule has 14 aromatic rings. The van der Waals surface area contributed by atoms with E-state index in [1.54, 1.807) is 0 Å². The molecule has 2 heteroatoms. The molecule has 0 atom stereocenters. The second-order valence-electron chi connectivity index (χ2n) is 18.8. The Hall–Kier alpha value is -9.50. The number of nitrogens with zero attached hydrogens (tertiary/aromatic N) is 2. The Morgan fingerprint density at radius 3 is 1.22 bits per heavy atom. The molecule has 0 amide bonds. The van der Waals surface area contributed by atoms with Crippen LogP contribution in [0.1, 0.15) is 0 Å². The molecule has 0 fully saturated rings. The van der Waals surface area contributed by atoms with Gasteiger partial charge in [0.25, 0.3) is 0 Å². The average Bonchev–Trinajstić information content (AvgIpc) is 3.99. The number of rotatable bonds is 8.